The lowest BCUT2D eigenvalue weighted by molar-refractivity contribution is 0.0953. The molecule has 2 heterocycles. The van der Waals surface area contributed by atoms with Crippen molar-refractivity contribution in [3.63, 3.8) is 0 Å². The van der Waals surface area contributed by atoms with Crippen molar-refractivity contribution in [2.24, 2.45) is 0 Å². The van der Waals surface area contributed by atoms with E-state index in [1.54, 1.807) is 7.11 Å². The lowest BCUT2D eigenvalue weighted by atomic mass is 10.1. The number of piperazine rings is 1. The van der Waals surface area contributed by atoms with Crippen LogP contribution in [0.25, 0.3) is 10.8 Å². The summed E-state index contributed by atoms with van der Waals surface area (Å²) < 4.78 is 5.26. The van der Waals surface area contributed by atoms with Gasteiger partial charge in [0.1, 0.15) is 11.6 Å². The number of pyridine rings is 1. The van der Waals surface area contributed by atoms with Crippen LogP contribution in [-0.2, 0) is 0 Å². The number of carbonyl (C=O) groups excluding carboxylic acids is 1. The molecule has 31 heavy (non-hydrogen) atoms. The molecule has 162 valence electrons. The molecule has 1 amide bonds. The molecular formula is C25H30N4O2. The molecule has 0 atom stereocenters. The van der Waals surface area contributed by atoms with Crippen molar-refractivity contribution < 1.29 is 9.53 Å². The van der Waals surface area contributed by atoms with Gasteiger partial charge in [-0.1, -0.05) is 19.4 Å². The number of rotatable bonds is 7. The Labute approximate surface area is 183 Å². The topological polar surface area (TPSA) is 57.7 Å². The van der Waals surface area contributed by atoms with Gasteiger partial charge in [0.15, 0.2) is 0 Å². The lowest BCUT2D eigenvalue weighted by Gasteiger charge is -2.37. The number of amides is 1. The van der Waals surface area contributed by atoms with Gasteiger partial charge in [-0.2, -0.15) is 0 Å². The second-order valence-electron chi connectivity index (χ2n) is 7.85. The minimum atomic E-state index is -0.0190. The van der Waals surface area contributed by atoms with Crippen molar-refractivity contribution in [3.8, 4) is 5.75 Å². The van der Waals surface area contributed by atoms with Crippen molar-refractivity contribution in [3.05, 3.63) is 60.3 Å². The molecule has 1 aliphatic heterocycles. The first kappa shape index (κ1) is 21.0. The third kappa shape index (κ3) is 4.74. The van der Waals surface area contributed by atoms with Crippen LogP contribution >= 0.6 is 0 Å². The van der Waals surface area contributed by atoms with E-state index in [-0.39, 0.29) is 5.91 Å². The highest BCUT2D eigenvalue weighted by atomic mass is 16.5. The number of hydrogen-bond donors (Lipinski definition) is 1. The quantitative estimate of drug-likeness (QED) is 0.586. The number of methoxy groups -OCH3 is 1. The normalized spacial score (nSPS) is 14.0. The summed E-state index contributed by atoms with van der Waals surface area (Å²) in [7, 11) is 1.69. The van der Waals surface area contributed by atoms with E-state index in [9.17, 15) is 4.79 Å². The van der Waals surface area contributed by atoms with Gasteiger partial charge in [-0.15, -0.1) is 0 Å². The summed E-state index contributed by atoms with van der Waals surface area (Å²) >= 11 is 0. The first-order chi connectivity index (χ1) is 15.2. The van der Waals surface area contributed by atoms with Gasteiger partial charge >= 0.3 is 0 Å². The van der Waals surface area contributed by atoms with Gasteiger partial charge in [0.25, 0.3) is 5.91 Å². The van der Waals surface area contributed by atoms with E-state index in [1.165, 1.54) is 5.69 Å². The molecule has 0 saturated carbocycles. The number of anilines is 2. The van der Waals surface area contributed by atoms with E-state index in [2.05, 4.69) is 39.2 Å². The molecule has 0 bridgehead atoms. The maximum atomic E-state index is 12.5. The standard InChI is InChI=1S/C25H30N4O2/c1-3-4-12-27-25(30)20-6-5-19-11-13-26-24(23(19)18-20)29-16-14-28(15-17-29)21-7-9-22(31-2)10-8-21/h5-11,13,18H,3-4,12,14-17H2,1-2H3,(H,27,30). The predicted molar refractivity (Wildman–Crippen MR) is 126 cm³/mol. The smallest absolute Gasteiger partial charge is 0.251 e. The van der Waals surface area contributed by atoms with Crippen molar-refractivity contribution in [2.75, 3.05) is 49.6 Å². The average Bonchev–Trinajstić information content (AvgIpc) is 2.83. The van der Waals surface area contributed by atoms with Crippen LogP contribution in [0.15, 0.2) is 54.7 Å². The highest BCUT2D eigenvalue weighted by Crippen LogP contribution is 2.28. The minimum Gasteiger partial charge on any atom is -0.497 e. The average molecular weight is 419 g/mol. The summed E-state index contributed by atoms with van der Waals surface area (Å²) in [5.41, 5.74) is 1.90. The summed E-state index contributed by atoms with van der Waals surface area (Å²) in [5.74, 6) is 1.81. The zero-order chi connectivity index (χ0) is 21.6. The molecule has 1 N–H and O–H groups in total. The Morgan fingerprint density at radius 2 is 1.77 bits per heavy atom. The Bertz CT molecular complexity index is 1030. The van der Waals surface area contributed by atoms with Crippen molar-refractivity contribution in [2.45, 2.75) is 19.8 Å². The molecule has 0 spiro atoms. The van der Waals surface area contributed by atoms with E-state index in [0.29, 0.717) is 12.1 Å². The number of hydrogen-bond acceptors (Lipinski definition) is 5. The Morgan fingerprint density at radius 1 is 1.03 bits per heavy atom. The van der Waals surface area contributed by atoms with Crippen LogP contribution in [0.4, 0.5) is 11.5 Å². The number of fused-ring (bicyclic) bond motifs is 1. The van der Waals surface area contributed by atoms with E-state index in [1.807, 2.05) is 42.6 Å². The molecule has 0 unspecified atom stereocenters. The van der Waals surface area contributed by atoms with Gasteiger partial charge in [0.05, 0.1) is 7.11 Å². The number of benzene rings is 2. The number of carbonyl (C=O) groups is 1. The van der Waals surface area contributed by atoms with Gasteiger partial charge in [-0.3, -0.25) is 4.79 Å². The number of nitrogens with one attached hydrogen (secondary N) is 1. The fourth-order valence-electron chi connectivity index (χ4n) is 4.00. The maximum Gasteiger partial charge on any atom is 0.251 e. The van der Waals surface area contributed by atoms with Gasteiger partial charge in [-0.05, 0) is 54.3 Å². The van der Waals surface area contributed by atoms with Crippen LogP contribution < -0.4 is 19.9 Å². The van der Waals surface area contributed by atoms with Crippen LogP contribution in [0.1, 0.15) is 30.1 Å². The second kappa shape index (κ2) is 9.69. The van der Waals surface area contributed by atoms with Crippen molar-refractivity contribution >= 4 is 28.2 Å². The summed E-state index contributed by atoms with van der Waals surface area (Å²) in [6, 6.07) is 16.1. The molecule has 1 saturated heterocycles. The Balaban J connectivity index is 1.50. The van der Waals surface area contributed by atoms with E-state index in [0.717, 1.165) is 61.4 Å². The third-order valence-electron chi connectivity index (χ3n) is 5.84. The molecule has 1 aromatic heterocycles. The molecule has 4 rings (SSSR count). The third-order valence-corrected chi connectivity index (χ3v) is 5.84. The van der Waals surface area contributed by atoms with Crippen LogP contribution in [0, 0.1) is 0 Å². The number of unbranched alkanes of at least 4 members (excludes halogenated alkanes) is 1. The zero-order valence-corrected chi connectivity index (χ0v) is 18.3. The fraction of sp³-hybridized carbons (Fsp3) is 0.360. The Kier molecular flexibility index (Phi) is 6.55. The van der Waals surface area contributed by atoms with Crippen molar-refractivity contribution in [1.82, 2.24) is 10.3 Å². The van der Waals surface area contributed by atoms with E-state index >= 15 is 0 Å². The van der Waals surface area contributed by atoms with Gasteiger partial charge < -0.3 is 19.9 Å². The molecule has 6 nitrogen and oxygen atoms in total. The summed E-state index contributed by atoms with van der Waals surface area (Å²) in [6.07, 6.45) is 3.91. The summed E-state index contributed by atoms with van der Waals surface area (Å²) in [5, 5.41) is 5.14. The van der Waals surface area contributed by atoms with Crippen LogP contribution in [-0.4, -0.2) is 50.7 Å². The predicted octanol–water partition coefficient (Wildman–Crippen LogP) is 4.10. The summed E-state index contributed by atoms with van der Waals surface area (Å²) in [4.78, 5) is 21.9. The van der Waals surface area contributed by atoms with Crippen molar-refractivity contribution in [1.29, 1.82) is 0 Å². The van der Waals surface area contributed by atoms with Crippen LogP contribution in [0.5, 0.6) is 5.75 Å². The first-order valence-electron chi connectivity index (χ1n) is 11.0. The molecule has 1 fully saturated rings. The van der Waals surface area contributed by atoms with E-state index < -0.39 is 0 Å². The highest BCUT2D eigenvalue weighted by molar-refractivity contribution is 6.01. The lowest BCUT2D eigenvalue weighted by Crippen LogP contribution is -2.46. The Hall–Kier alpha value is -3.28. The number of nitrogens with zero attached hydrogens (tertiary/aromatic N) is 3. The van der Waals surface area contributed by atoms with Crippen LogP contribution in [0.2, 0.25) is 0 Å². The SMILES string of the molecule is CCCCNC(=O)c1ccc2ccnc(N3CCN(c4ccc(OC)cc4)CC3)c2c1. The second-order valence-corrected chi connectivity index (χ2v) is 7.85. The highest BCUT2D eigenvalue weighted by Gasteiger charge is 2.20. The molecule has 3 aromatic rings. The number of aromatic nitrogens is 1. The van der Waals surface area contributed by atoms with E-state index in [4.69, 9.17) is 4.74 Å². The molecule has 0 radical (unpaired) electrons. The molecule has 2 aromatic carbocycles. The molecular weight excluding hydrogens is 388 g/mol. The molecule has 1 aliphatic rings. The molecule has 6 heteroatoms. The first-order valence-corrected chi connectivity index (χ1v) is 11.0. The van der Waals surface area contributed by atoms with Crippen LogP contribution in [0.3, 0.4) is 0 Å². The maximum absolute atomic E-state index is 12.5. The summed E-state index contributed by atoms with van der Waals surface area (Å²) in [6.45, 7) is 6.43. The van der Waals surface area contributed by atoms with Gasteiger partial charge in [0.2, 0.25) is 0 Å². The minimum absolute atomic E-state index is 0.0190. The number of ether oxygens (including phenoxy) is 1. The fourth-order valence-corrected chi connectivity index (χ4v) is 4.00. The van der Waals surface area contributed by atoms with Gasteiger partial charge in [-0.25, -0.2) is 4.98 Å². The monoisotopic (exact) mass is 418 g/mol. The Morgan fingerprint density at radius 3 is 2.48 bits per heavy atom. The molecule has 0 aliphatic carbocycles. The zero-order valence-electron chi connectivity index (χ0n) is 18.3. The van der Waals surface area contributed by atoms with Gasteiger partial charge in [0, 0.05) is 55.6 Å². The largest absolute Gasteiger partial charge is 0.497 e.